The van der Waals surface area contributed by atoms with Crippen molar-refractivity contribution in [2.45, 2.75) is 70.9 Å². The lowest BCUT2D eigenvalue weighted by Crippen LogP contribution is -2.44. The van der Waals surface area contributed by atoms with Gasteiger partial charge in [0.15, 0.2) is 0 Å². The first-order chi connectivity index (χ1) is 14.5. The molecular weight excluding hydrogens is 374 g/mol. The smallest absolute Gasteiger partial charge is 0.259 e. The molecule has 0 saturated carbocycles. The quantitative estimate of drug-likeness (QED) is 0.504. The minimum atomic E-state index is -0.154. The van der Waals surface area contributed by atoms with Crippen LogP contribution in [0.3, 0.4) is 0 Å². The number of aromatic nitrogens is 3. The summed E-state index contributed by atoms with van der Waals surface area (Å²) in [5, 5.41) is 1.08. The molecule has 160 valence electrons. The summed E-state index contributed by atoms with van der Waals surface area (Å²) >= 11 is 0. The van der Waals surface area contributed by atoms with Gasteiger partial charge in [-0.05, 0) is 70.2 Å². The van der Waals surface area contributed by atoms with Crippen molar-refractivity contribution in [2.75, 3.05) is 12.3 Å². The second kappa shape index (κ2) is 9.04. The number of anilines is 1. The molecule has 30 heavy (non-hydrogen) atoms. The number of rotatable bonds is 7. The van der Waals surface area contributed by atoms with Gasteiger partial charge < -0.3 is 15.7 Å². The van der Waals surface area contributed by atoms with Crippen molar-refractivity contribution in [3.8, 4) is 11.4 Å². The van der Waals surface area contributed by atoms with E-state index in [4.69, 9.17) is 5.73 Å². The molecule has 0 radical (unpaired) electrons. The largest absolute Gasteiger partial charge is 0.384 e. The van der Waals surface area contributed by atoms with E-state index in [1.165, 1.54) is 50.4 Å². The summed E-state index contributed by atoms with van der Waals surface area (Å²) in [7, 11) is 0. The number of nitrogens with zero attached hydrogens (tertiary/aromatic N) is 2. The van der Waals surface area contributed by atoms with E-state index in [9.17, 15) is 4.79 Å². The fourth-order valence-electron chi connectivity index (χ4n) is 4.86. The highest BCUT2D eigenvalue weighted by molar-refractivity contribution is 5.85. The zero-order chi connectivity index (χ0) is 21.1. The molecule has 1 saturated heterocycles. The number of benzene rings is 1. The van der Waals surface area contributed by atoms with E-state index in [0.717, 1.165) is 35.8 Å². The summed E-state index contributed by atoms with van der Waals surface area (Å²) in [5.74, 6) is 0.963. The van der Waals surface area contributed by atoms with Gasteiger partial charge in [-0.1, -0.05) is 25.0 Å². The van der Waals surface area contributed by atoms with E-state index in [1.807, 2.05) is 18.2 Å². The van der Waals surface area contributed by atoms with Gasteiger partial charge in [-0.3, -0.25) is 9.69 Å². The highest BCUT2D eigenvalue weighted by Gasteiger charge is 2.23. The number of aryl methyl sites for hydroxylation is 1. The zero-order valence-electron chi connectivity index (χ0n) is 18.1. The van der Waals surface area contributed by atoms with E-state index in [-0.39, 0.29) is 5.56 Å². The van der Waals surface area contributed by atoms with Gasteiger partial charge >= 0.3 is 0 Å². The van der Waals surface area contributed by atoms with Crippen molar-refractivity contribution in [1.29, 1.82) is 0 Å². The van der Waals surface area contributed by atoms with Crippen molar-refractivity contribution in [2.24, 2.45) is 0 Å². The third-order valence-electron chi connectivity index (χ3n) is 6.57. The molecule has 1 fully saturated rings. The third kappa shape index (κ3) is 4.43. The molecule has 6 nitrogen and oxygen atoms in total. The maximum atomic E-state index is 12.5. The monoisotopic (exact) mass is 407 g/mol. The molecule has 1 aromatic carbocycles. The predicted molar refractivity (Wildman–Crippen MR) is 124 cm³/mol. The molecule has 1 aliphatic rings. The first-order valence-electron chi connectivity index (χ1n) is 11.2. The highest BCUT2D eigenvalue weighted by atomic mass is 16.1. The predicted octanol–water partition coefficient (Wildman–Crippen LogP) is 4.48. The number of hydrogen-bond acceptors (Lipinski definition) is 4. The van der Waals surface area contributed by atoms with E-state index >= 15 is 0 Å². The molecule has 1 aliphatic heterocycles. The molecule has 2 aromatic heterocycles. The molecule has 0 unspecified atom stereocenters. The Morgan fingerprint density at radius 3 is 2.67 bits per heavy atom. The minimum Gasteiger partial charge on any atom is -0.384 e. The van der Waals surface area contributed by atoms with Crippen molar-refractivity contribution in [1.82, 2.24) is 19.9 Å². The van der Waals surface area contributed by atoms with Crippen LogP contribution in [0.5, 0.6) is 0 Å². The second-order valence-corrected chi connectivity index (χ2v) is 8.76. The van der Waals surface area contributed by atoms with Crippen LogP contribution in [0.2, 0.25) is 0 Å². The fraction of sp³-hybridized carbons (Fsp3) is 0.500. The SMILES string of the molecule is C[C@@H]1CCC[C@H](C)N1CCCCCc1cccc2[nH]c(=O)c(-c3ncc(N)[nH]3)cc12. The Balaban J connectivity index is 1.42. The summed E-state index contributed by atoms with van der Waals surface area (Å²) in [6.45, 7) is 5.95. The van der Waals surface area contributed by atoms with Crippen LogP contribution in [-0.2, 0) is 6.42 Å². The number of fused-ring (bicyclic) bond motifs is 1. The maximum absolute atomic E-state index is 12.5. The number of likely N-dealkylation sites (tertiary alicyclic amines) is 1. The number of imidazole rings is 1. The van der Waals surface area contributed by atoms with Crippen LogP contribution in [-0.4, -0.2) is 38.5 Å². The lowest BCUT2D eigenvalue weighted by atomic mass is 9.96. The Bertz CT molecular complexity index is 1040. The molecule has 0 aliphatic carbocycles. The van der Waals surface area contributed by atoms with Gasteiger partial charge in [0.05, 0.1) is 11.8 Å². The number of nitrogens with two attached hydrogens (primary N) is 1. The lowest BCUT2D eigenvalue weighted by Gasteiger charge is -2.39. The van der Waals surface area contributed by atoms with Crippen LogP contribution < -0.4 is 11.3 Å². The Kier molecular flexibility index (Phi) is 6.23. The van der Waals surface area contributed by atoms with Gasteiger partial charge in [-0.2, -0.15) is 0 Å². The molecule has 6 heteroatoms. The minimum absolute atomic E-state index is 0.154. The fourth-order valence-corrected chi connectivity index (χ4v) is 4.86. The average Bonchev–Trinajstić information content (AvgIpc) is 3.15. The highest BCUT2D eigenvalue weighted by Crippen LogP contribution is 2.24. The van der Waals surface area contributed by atoms with E-state index in [2.05, 4.69) is 39.8 Å². The molecule has 2 atom stereocenters. The number of hydrogen-bond donors (Lipinski definition) is 3. The van der Waals surface area contributed by atoms with E-state index in [0.29, 0.717) is 17.2 Å². The Morgan fingerprint density at radius 2 is 1.93 bits per heavy atom. The van der Waals surface area contributed by atoms with Crippen LogP contribution in [0.4, 0.5) is 5.82 Å². The lowest BCUT2D eigenvalue weighted by molar-refractivity contribution is 0.101. The molecule has 4 rings (SSSR count). The third-order valence-corrected chi connectivity index (χ3v) is 6.57. The van der Waals surface area contributed by atoms with Gasteiger partial charge in [0.25, 0.3) is 5.56 Å². The average molecular weight is 408 g/mol. The van der Waals surface area contributed by atoms with Crippen LogP contribution >= 0.6 is 0 Å². The van der Waals surface area contributed by atoms with Crippen molar-refractivity contribution in [3.05, 3.63) is 46.4 Å². The van der Waals surface area contributed by atoms with Crippen molar-refractivity contribution < 1.29 is 0 Å². The second-order valence-electron chi connectivity index (χ2n) is 8.76. The Morgan fingerprint density at radius 1 is 1.13 bits per heavy atom. The van der Waals surface area contributed by atoms with Gasteiger partial charge in [-0.15, -0.1) is 0 Å². The number of aromatic amines is 2. The normalized spacial score (nSPS) is 20.1. The number of pyridine rings is 1. The molecule has 0 amide bonds. The summed E-state index contributed by atoms with van der Waals surface area (Å²) in [6, 6.07) is 9.53. The van der Waals surface area contributed by atoms with Crippen LogP contribution in [0, 0.1) is 0 Å². The molecular formula is C24H33N5O. The van der Waals surface area contributed by atoms with Crippen LogP contribution in [0.25, 0.3) is 22.3 Å². The molecule has 4 N–H and O–H groups in total. The molecule has 0 bridgehead atoms. The molecule has 3 heterocycles. The number of nitrogen functional groups attached to an aromatic ring is 1. The Labute approximate surface area is 177 Å². The number of unbranched alkanes of at least 4 members (excludes halogenated alkanes) is 2. The van der Waals surface area contributed by atoms with Crippen LogP contribution in [0.15, 0.2) is 35.3 Å². The van der Waals surface area contributed by atoms with E-state index in [1.54, 1.807) is 0 Å². The molecule has 0 spiro atoms. The number of nitrogens with one attached hydrogen (secondary N) is 2. The zero-order valence-corrected chi connectivity index (χ0v) is 18.1. The first kappa shape index (κ1) is 20.7. The number of piperidine rings is 1. The van der Waals surface area contributed by atoms with E-state index < -0.39 is 0 Å². The standard InChI is InChI=1S/C24H33N5O/c1-16-8-6-9-17(2)29(16)13-5-3-4-10-18-11-7-12-21-19(18)14-20(24(30)27-21)23-26-15-22(25)28-23/h7,11-12,14-17H,3-6,8-10,13,25H2,1-2H3,(H,26,28)(H,27,30)/t16-,17+. The summed E-state index contributed by atoms with van der Waals surface area (Å²) < 4.78 is 0. The summed E-state index contributed by atoms with van der Waals surface area (Å²) in [6.07, 6.45) is 10.2. The summed E-state index contributed by atoms with van der Waals surface area (Å²) in [4.78, 5) is 25.4. The maximum Gasteiger partial charge on any atom is 0.259 e. The van der Waals surface area contributed by atoms with Gasteiger partial charge in [0.1, 0.15) is 11.6 Å². The topological polar surface area (TPSA) is 90.8 Å². The van der Waals surface area contributed by atoms with Crippen molar-refractivity contribution >= 4 is 16.7 Å². The van der Waals surface area contributed by atoms with Crippen LogP contribution in [0.1, 0.15) is 57.9 Å². The molecule has 3 aromatic rings. The van der Waals surface area contributed by atoms with Gasteiger partial charge in [0, 0.05) is 23.0 Å². The van der Waals surface area contributed by atoms with Crippen molar-refractivity contribution in [3.63, 3.8) is 0 Å². The first-order valence-corrected chi connectivity index (χ1v) is 11.2. The van der Waals surface area contributed by atoms with Gasteiger partial charge in [0.2, 0.25) is 0 Å². The number of H-pyrrole nitrogens is 2. The summed E-state index contributed by atoms with van der Waals surface area (Å²) in [5.41, 5.74) is 8.25. The van der Waals surface area contributed by atoms with Gasteiger partial charge in [-0.25, -0.2) is 4.98 Å². The Hall–Kier alpha value is -2.60.